The van der Waals surface area contributed by atoms with E-state index in [9.17, 15) is 22.8 Å². The Morgan fingerprint density at radius 1 is 1.07 bits per heavy atom. The molecule has 0 spiro atoms. The molecule has 0 saturated carbocycles. The van der Waals surface area contributed by atoms with E-state index in [4.69, 9.17) is 0 Å². The second-order valence-electron chi connectivity index (χ2n) is 6.82. The lowest BCUT2D eigenvalue weighted by atomic mass is 9.93. The van der Waals surface area contributed by atoms with Gasteiger partial charge in [-0.3, -0.25) is 14.5 Å². The molecule has 0 fully saturated rings. The van der Waals surface area contributed by atoms with E-state index in [2.05, 4.69) is 4.98 Å². The molecule has 1 aliphatic rings. The Labute approximate surface area is 164 Å². The number of imide groups is 1. The molecule has 2 aromatic carbocycles. The zero-order valence-corrected chi connectivity index (χ0v) is 15.4. The first-order valence-electron chi connectivity index (χ1n) is 8.90. The summed E-state index contributed by atoms with van der Waals surface area (Å²) < 4.78 is 39.9. The minimum atomic E-state index is -4.41. The van der Waals surface area contributed by atoms with Gasteiger partial charge in [-0.25, -0.2) is 4.98 Å². The van der Waals surface area contributed by atoms with Crippen molar-refractivity contribution >= 4 is 11.8 Å². The van der Waals surface area contributed by atoms with E-state index in [-0.39, 0.29) is 12.4 Å². The van der Waals surface area contributed by atoms with Crippen molar-refractivity contribution in [3.63, 3.8) is 0 Å². The van der Waals surface area contributed by atoms with E-state index >= 15 is 0 Å². The molecule has 0 aliphatic carbocycles. The topological polar surface area (TPSA) is 55.2 Å². The van der Waals surface area contributed by atoms with E-state index in [0.717, 1.165) is 22.6 Å². The fourth-order valence-electron chi connectivity index (χ4n) is 3.39. The van der Waals surface area contributed by atoms with Crippen LogP contribution >= 0.6 is 0 Å². The predicted octanol–water partition coefficient (Wildman–Crippen LogP) is 3.94. The van der Waals surface area contributed by atoms with Crippen molar-refractivity contribution < 1.29 is 22.8 Å². The summed E-state index contributed by atoms with van der Waals surface area (Å²) in [5.74, 6) is -0.748. The molecule has 0 saturated heterocycles. The Hall–Kier alpha value is -3.42. The molecule has 1 aliphatic heterocycles. The third-order valence-electron chi connectivity index (χ3n) is 4.99. The van der Waals surface area contributed by atoms with Crippen LogP contribution in [0.25, 0.3) is 11.1 Å². The van der Waals surface area contributed by atoms with Crippen LogP contribution in [0.2, 0.25) is 0 Å². The molecular weight excluding hydrogens is 383 g/mol. The number of amides is 2. The summed E-state index contributed by atoms with van der Waals surface area (Å²) in [7, 11) is 1.67. The first kappa shape index (κ1) is 18.9. The first-order valence-corrected chi connectivity index (χ1v) is 8.90. The van der Waals surface area contributed by atoms with Crippen LogP contribution in [0.15, 0.2) is 54.9 Å². The number of alkyl halides is 3. The van der Waals surface area contributed by atoms with Crippen molar-refractivity contribution in [2.24, 2.45) is 7.05 Å². The van der Waals surface area contributed by atoms with Crippen molar-refractivity contribution in [3.8, 4) is 11.1 Å². The zero-order chi connectivity index (χ0) is 20.8. The van der Waals surface area contributed by atoms with Crippen LogP contribution in [0.5, 0.6) is 0 Å². The van der Waals surface area contributed by atoms with Gasteiger partial charge in [-0.2, -0.15) is 13.2 Å². The van der Waals surface area contributed by atoms with Crippen molar-refractivity contribution in [1.29, 1.82) is 0 Å². The number of benzene rings is 2. The summed E-state index contributed by atoms with van der Waals surface area (Å²) in [6.07, 6.45) is -0.794. The highest BCUT2D eigenvalue weighted by Gasteiger charge is 2.32. The molecular formula is C21H16F3N3O2. The van der Waals surface area contributed by atoms with Gasteiger partial charge in [0.1, 0.15) is 0 Å². The maximum absolute atomic E-state index is 13.0. The van der Waals surface area contributed by atoms with Gasteiger partial charge in [-0.15, -0.1) is 0 Å². The predicted molar refractivity (Wildman–Crippen MR) is 99.2 cm³/mol. The van der Waals surface area contributed by atoms with Crippen LogP contribution in [0.3, 0.4) is 0 Å². The molecule has 2 heterocycles. The second kappa shape index (κ2) is 6.88. The molecule has 0 radical (unpaired) electrons. The molecule has 29 heavy (non-hydrogen) atoms. The average molecular weight is 399 g/mol. The van der Waals surface area contributed by atoms with Crippen LogP contribution in [0.1, 0.15) is 32.1 Å². The maximum atomic E-state index is 13.0. The molecule has 8 heteroatoms. The van der Waals surface area contributed by atoms with Gasteiger partial charge < -0.3 is 4.57 Å². The third kappa shape index (κ3) is 3.41. The Morgan fingerprint density at radius 3 is 2.38 bits per heavy atom. The number of carbonyl (C=O) groups is 2. The van der Waals surface area contributed by atoms with E-state index in [1.165, 1.54) is 18.3 Å². The van der Waals surface area contributed by atoms with E-state index in [1.54, 1.807) is 36.0 Å². The Morgan fingerprint density at radius 2 is 1.76 bits per heavy atom. The van der Waals surface area contributed by atoms with Crippen molar-refractivity contribution in [2.45, 2.75) is 12.6 Å². The number of hydrogen-bond donors (Lipinski definition) is 0. The summed E-state index contributed by atoms with van der Waals surface area (Å²) in [5, 5.41) is 0. The number of aryl methyl sites for hydroxylation is 1. The molecule has 0 N–H and O–H groups in total. The summed E-state index contributed by atoms with van der Waals surface area (Å²) in [5.41, 5.74) is 1.60. The summed E-state index contributed by atoms with van der Waals surface area (Å²) >= 11 is 0. The number of carbonyl (C=O) groups excluding carboxylic acids is 2. The SMILES string of the molecule is Cn1ccnc1C(=O)N1CCc2ccc(-c3ccc(C(F)(F)F)cc3)cc2C1=O. The van der Waals surface area contributed by atoms with Gasteiger partial charge in [-0.1, -0.05) is 24.3 Å². The summed E-state index contributed by atoms with van der Waals surface area (Å²) in [4.78, 5) is 30.8. The lowest BCUT2D eigenvalue weighted by molar-refractivity contribution is -0.137. The highest BCUT2D eigenvalue weighted by molar-refractivity contribution is 6.10. The Balaban J connectivity index is 1.65. The van der Waals surface area contributed by atoms with Crippen molar-refractivity contribution in [1.82, 2.24) is 14.5 Å². The maximum Gasteiger partial charge on any atom is 0.416 e. The highest BCUT2D eigenvalue weighted by Crippen LogP contribution is 2.32. The molecule has 5 nitrogen and oxygen atoms in total. The molecule has 0 atom stereocenters. The summed E-state index contributed by atoms with van der Waals surface area (Å²) in [6.45, 7) is 0.247. The quantitative estimate of drug-likeness (QED) is 0.614. The first-order chi connectivity index (χ1) is 13.8. The van der Waals surface area contributed by atoms with Gasteiger partial charge in [0.25, 0.3) is 11.8 Å². The standard InChI is InChI=1S/C21H16F3N3O2/c1-26-11-9-25-18(26)20(29)27-10-8-14-2-3-15(12-17(14)19(27)28)13-4-6-16(7-5-13)21(22,23)24/h2-7,9,11-12H,8,10H2,1H3. The number of aromatic nitrogens is 2. The van der Waals surface area contributed by atoms with Crippen LogP contribution in [0.4, 0.5) is 13.2 Å². The van der Waals surface area contributed by atoms with Crippen LogP contribution in [-0.2, 0) is 19.6 Å². The van der Waals surface area contributed by atoms with Gasteiger partial charge >= 0.3 is 6.18 Å². The minimum absolute atomic E-state index is 0.167. The molecule has 0 bridgehead atoms. The van der Waals surface area contributed by atoms with Crippen LogP contribution < -0.4 is 0 Å². The number of rotatable bonds is 2. The smallest absolute Gasteiger partial charge is 0.330 e. The van der Waals surface area contributed by atoms with Gasteiger partial charge in [0.15, 0.2) is 5.82 Å². The van der Waals surface area contributed by atoms with Crippen LogP contribution in [-0.4, -0.2) is 32.8 Å². The van der Waals surface area contributed by atoms with E-state index < -0.39 is 23.6 Å². The number of nitrogens with zero attached hydrogens (tertiary/aromatic N) is 3. The van der Waals surface area contributed by atoms with Gasteiger partial charge in [0.05, 0.1) is 5.56 Å². The largest absolute Gasteiger partial charge is 0.416 e. The van der Waals surface area contributed by atoms with Crippen LogP contribution in [0, 0.1) is 0 Å². The lowest BCUT2D eigenvalue weighted by Gasteiger charge is -2.27. The van der Waals surface area contributed by atoms with E-state index in [0.29, 0.717) is 23.1 Å². The number of imidazole rings is 1. The zero-order valence-electron chi connectivity index (χ0n) is 15.4. The molecule has 2 amide bonds. The minimum Gasteiger partial charge on any atom is -0.330 e. The summed E-state index contributed by atoms with van der Waals surface area (Å²) in [6, 6.07) is 9.93. The molecule has 1 aromatic heterocycles. The van der Waals surface area contributed by atoms with Gasteiger partial charge in [-0.05, 0) is 41.3 Å². The van der Waals surface area contributed by atoms with E-state index in [1.807, 2.05) is 0 Å². The highest BCUT2D eigenvalue weighted by atomic mass is 19.4. The molecule has 4 rings (SSSR count). The molecule has 3 aromatic rings. The lowest BCUT2D eigenvalue weighted by Crippen LogP contribution is -2.43. The average Bonchev–Trinajstić information content (AvgIpc) is 3.13. The third-order valence-corrected chi connectivity index (χ3v) is 4.99. The number of hydrogen-bond acceptors (Lipinski definition) is 3. The second-order valence-corrected chi connectivity index (χ2v) is 6.82. The molecule has 148 valence electrons. The number of halogens is 3. The monoisotopic (exact) mass is 399 g/mol. The number of fused-ring (bicyclic) bond motifs is 1. The Kier molecular flexibility index (Phi) is 4.49. The fraction of sp³-hybridized carbons (Fsp3) is 0.190. The molecule has 0 unspecified atom stereocenters. The van der Waals surface area contributed by atoms with Crippen molar-refractivity contribution in [2.75, 3.05) is 6.54 Å². The normalized spacial score (nSPS) is 14.1. The van der Waals surface area contributed by atoms with Crippen molar-refractivity contribution in [3.05, 3.63) is 77.4 Å². The fourth-order valence-corrected chi connectivity index (χ4v) is 3.39. The van der Waals surface area contributed by atoms with Gasteiger partial charge in [0.2, 0.25) is 0 Å². The van der Waals surface area contributed by atoms with Gasteiger partial charge in [0, 0.05) is 31.5 Å². The Bertz CT molecular complexity index is 1100.